The Bertz CT molecular complexity index is 166. The summed E-state index contributed by atoms with van der Waals surface area (Å²) in [5.41, 5.74) is 0.759. The van der Waals surface area contributed by atoms with E-state index in [1.807, 2.05) is 6.92 Å². The van der Waals surface area contributed by atoms with Gasteiger partial charge in [-0.1, -0.05) is 12.2 Å². The number of aliphatic hydroxyl groups is 1. The molecule has 2 heteroatoms. The zero-order chi connectivity index (χ0) is 7.98. The monoisotopic (exact) mass is 140 g/mol. The van der Waals surface area contributed by atoms with Gasteiger partial charge >= 0.3 is 0 Å². The van der Waals surface area contributed by atoms with Crippen molar-refractivity contribution >= 4 is 5.78 Å². The average molecular weight is 140 g/mol. The largest absolute Gasteiger partial charge is 0.392 e. The molecule has 0 fully saturated rings. The first-order valence-corrected chi connectivity index (χ1v) is 3.15. The van der Waals surface area contributed by atoms with Gasteiger partial charge in [0.15, 0.2) is 5.78 Å². The number of carbonyl (C=O) groups is 1. The van der Waals surface area contributed by atoms with Crippen molar-refractivity contribution in [3.05, 3.63) is 23.8 Å². The second-order valence-corrected chi connectivity index (χ2v) is 1.97. The normalized spacial score (nSPS) is 12.5. The van der Waals surface area contributed by atoms with Crippen LogP contribution < -0.4 is 0 Å². The molecule has 0 heterocycles. The van der Waals surface area contributed by atoms with E-state index in [0.29, 0.717) is 0 Å². The topological polar surface area (TPSA) is 37.3 Å². The Hall–Kier alpha value is -0.890. The minimum atomic E-state index is -0.0136. The lowest BCUT2D eigenvalue weighted by atomic mass is 10.2. The smallest absolute Gasteiger partial charge is 0.152 e. The summed E-state index contributed by atoms with van der Waals surface area (Å²) in [6.45, 7) is 3.28. The molecule has 2 nitrogen and oxygen atoms in total. The zero-order valence-electron chi connectivity index (χ0n) is 6.29. The maximum Gasteiger partial charge on any atom is 0.152 e. The van der Waals surface area contributed by atoms with Gasteiger partial charge in [0, 0.05) is 0 Å². The van der Waals surface area contributed by atoms with Crippen molar-refractivity contribution in [2.24, 2.45) is 0 Å². The maximum atomic E-state index is 10.4. The number of hydrogen-bond donors (Lipinski definition) is 1. The lowest BCUT2D eigenvalue weighted by molar-refractivity contribution is -0.112. The Kier molecular flexibility index (Phi) is 4.50. The van der Waals surface area contributed by atoms with Gasteiger partial charge in [-0.25, -0.2) is 0 Å². The van der Waals surface area contributed by atoms with Crippen molar-refractivity contribution in [1.29, 1.82) is 0 Å². The fourth-order valence-electron chi connectivity index (χ4n) is 0.465. The standard InChI is InChI=1S/C8H12O2/c1-3-8(6-9)5-4-7(2)10/h3-5,9H,6H2,1-2H3/b5-4-,8-3+. The van der Waals surface area contributed by atoms with Crippen LogP contribution in [0, 0.1) is 0 Å². The van der Waals surface area contributed by atoms with Gasteiger partial charge in [0.2, 0.25) is 0 Å². The van der Waals surface area contributed by atoms with E-state index in [2.05, 4.69) is 0 Å². The predicted octanol–water partition coefficient (Wildman–Crippen LogP) is 1.07. The van der Waals surface area contributed by atoms with Crippen LogP contribution in [0.15, 0.2) is 23.8 Å². The molecule has 0 atom stereocenters. The zero-order valence-corrected chi connectivity index (χ0v) is 6.29. The van der Waals surface area contributed by atoms with Crippen molar-refractivity contribution in [1.82, 2.24) is 0 Å². The van der Waals surface area contributed by atoms with Crippen LogP contribution in [0.25, 0.3) is 0 Å². The first-order chi connectivity index (χ1) is 4.70. The van der Waals surface area contributed by atoms with E-state index in [0.717, 1.165) is 5.57 Å². The predicted molar refractivity (Wildman–Crippen MR) is 40.7 cm³/mol. The van der Waals surface area contributed by atoms with Crippen LogP contribution in [0.5, 0.6) is 0 Å². The van der Waals surface area contributed by atoms with Crippen LogP contribution >= 0.6 is 0 Å². The minimum Gasteiger partial charge on any atom is -0.392 e. The molecule has 0 aromatic rings. The van der Waals surface area contributed by atoms with E-state index >= 15 is 0 Å². The Morgan fingerprint density at radius 1 is 1.50 bits per heavy atom. The van der Waals surface area contributed by atoms with Crippen LogP contribution in [0.2, 0.25) is 0 Å². The van der Waals surface area contributed by atoms with Crippen molar-refractivity contribution < 1.29 is 9.90 Å². The SMILES string of the molecule is C/C=C(\C=C/C(C)=O)CO. The molecule has 0 saturated heterocycles. The maximum absolute atomic E-state index is 10.4. The molecule has 0 aromatic heterocycles. The molecule has 0 spiro atoms. The first kappa shape index (κ1) is 9.11. The molecule has 0 aliphatic carbocycles. The van der Waals surface area contributed by atoms with E-state index in [-0.39, 0.29) is 12.4 Å². The quantitative estimate of drug-likeness (QED) is 0.470. The molecule has 10 heavy (non-hydrogen) atoms. The second-order valence-electron chi connectivity index (χ2n) is 1.97. The molecule has 0 aliphatic heterocycles. The van der Waals surface area contributed by atoms with E-state index in [4.69, 9.17) is 5.11 Å². The van der Waals surface area contributed by atoms with E-state index in [1.165, 1.54) is 13.0 Å². The van der Waals surface area contributed by atoms with Crippen LogP contribution in [0.4, 0.5) is 0 Å². The summed E-state index contributed by atoms with van der Waals surface area (Å²) in [7, 11) is 0. The highest BCUT2D eigenvalue weighted by Crippen LogP contribution is 1.93. The van der Waals surface area contributed by atoms with Crippen molar-refractivity contribution in [3.8, 4) is 0 Å². The fourth-order valence-corrected chi connectivity index (χ4v) is 0.465. The average Bonchev–Trinajstić information content (AvgIpc) is 1.90. The van der Waals surface area contributed by atoms with E-state index < -0.39 is 0 Å². The van der Waals surface area contributed by atoms with E-state index in [9.17, 15) is 4.79 Å². The van der Waals surface area contributed by atoms with E-state index in [1.54, 1.807) is 12.2 Å². The molecular formula is C8H12O2. The molecule has 0 saturated carbocycles. The highest BCUT2D eigenvalue weighted by Gasteiger charge is 1.86. The molecule has 0 amide bonds. The van der Waals surface area contributed by atoms with Gasteiger partial charge in [-0.2, -0.15) is 0 Å². The van der Waals surface area contributed by atoms with Gasteiger partial charge in [0.1, 0.15) is 0 Å². The summed E-state index contributed by atoms with van der Waals surface area (Å²) < 4.78 is 0. The number of hydrogen-bond acceptors (Lipinski definition) is 2. The van der Waals surface area contributed by atoms with Crippen molar-refractivity contribution in [2.75, 3.05) is 6.61 Å². The third-order valence-corrected chi connectivity index (χ3v) is 1.09. The van der Waals surface area contributed by atoms with Crippen molar-refractivity contribution in [3.63, 3.8) is 0 Å². The van der Waals surface area contributed by atoms with Gasteiger partial charge in [0.25, 0.3) is 0 Å². The molecule has 0 aliphatic rings. The lowest BCUT2D eigenvalue weighted by Crippen LogP contribution is -1.87. The number of allylic oxidation sites excluding steroid dienone is 2. The van der Waals surface area contributed by atoms with Crippen LogP contribution in [0.1, 0.15) is 13.8 Å². The van der Waals surface area contributed by atoms with Gasteiger partial charge < -0.3 is 5.11 Å². The summed E-state index contributed by atoms with van der Waals surface area (Å²) in [6.07, 6.45) is 4.81. The first-order valence-electron chi connectivity index (χ1n) is 3.15. The summed E-state index contributed by atoms with van der Waals surface area (Å²) >= 11 is 0. The Labute approximate surface area is 60.9 Å². The third kappa shape index (κ3) is 4.04. The molecule has 0 aromatic carbocycles. The number of aliphatic hydroxyl groups excluding tert-OH is 1. The number of rotatable bonds is 3. The Morgan fingerprint density at radius 2 is 2.10 bits per heavy atom. The Morgan fingerprint density at radius 3 is 2.40 bits per heavy atom. The summed E-state index contributed by atoms with van der Waals surface area (Å²) in [5.74, 6) is -0.00667. The number of ketones is 1. The molecule has 1 N–H and O–H groups in total. The summed E-state index contributed by atoms with van der Waals surface area (Å²) in [5, 5.41) is 8.61. The number of carbonyl (C=O) groups excluding carboxylic acids is 1. The van der Waals surface area contributed by atoms with Gasteiger partial charge in [-0.05, 0) is 25.5 Å². The van der Waals surface area contributed by atoms with Crippen molar-refractivity contribution in [2.45, 2.75) is 13.8 Å². The highest BCUT2D eigenvalue weighted by molar-refractivity contribution is 5.87. The van der Waals surface area contributed by atoms with Gasteiger partial charge in [-0.3, -0.25) is 4.79 Å². The molecule has 0 radical (unpaired) electrons. The minimum absolute atomic E-state index is 0.00667. The fraction of sp³-hybridized carbons (Fsp3) is 0.375. The third-order valence-electron chi connectivity index (χ3n) is 1.09. The summed E-state index contributed by atoms with van der Waals surface area (Å²) in [6, 6.07) is 0. The van der Waals surface area contributed by atoms with Crippen LogP contribution in [0.3, 0.4) is 0 Å². The highest BCUT2D eigenvalue weighted by atomic mass is 16.3. The molecule has 0 rings (SSSR count). The van der Waals surface area contributed by atoms with Crippen LogP contribution in [-0.2, 0) is 4.79 Å². The molecule has 0 unspecified atom stereocenters. The summed E-state index contributed by atoms with van der Waals surface area (Å²) in [4.78, 5) is 10.4. The molecule has 0 bridgehead atoms. The lowest BCUT2D eigenvalue weighted by Gasteiger charge is -1.90. The van der Waals surface area contributed by atoms with Gasteiger partial charge in [0.05, 0.1) is 6.61 Å². The van der Waals surface area contributed by atoms with Crippen LogP contribution in [-0.4, -0.2) is 17.5 Å². The second kappa shape index (κ2) is 4.94. The molecular weight excluding hydrogens is 128 g/mol. The molecule has 56 valence electrons. The van der Waals surface area contributed by atoms with Gasteiger partial charge in [-0.15, -0.1) is 0 Å². The Balaban J connectivity index is 3.98.